The van der Waals surface area contributed by atoms with Crippen molar-refractivity contribution < 1.29 is 22.8 Å². The van der Waals surface area contributed by atoms with Crippen LogP contribution < -0.4 is 0 Å². The van der Waals surface area contributed by atoms with Crippen molar-refractivity contribution in [2.24, 2.45) is 0 Å². The average molecular weight is 417 g/mol. The van der Waals surface area contributed by atoms with Gasteiger partial charge in [0.1, 0.15) is 18.3 Å². The van der Waals surface area contributed by atoms with Gasteiger partial charge in [-0.1, -0.05) is 61.5 Å². The highest BCUT2D eigenvalue weighted by Crippen LogP contribution is 2.47. The van der Waals surface area contributed by atoms with E-state index in [1.54, 1.807) is 6.08 Å². The van der Waals surface area contributed by atoms with Crippen molar-refractivity contribution >= 4 is 17.1 Å². The van der Waals surface area contributed by atoms with Crippen molar-refractivity contribution in [3.8, 4) is 0 Å². The maximum absolute atomic E-state index is 10.9. The highest BCUT2D eigenvalue weighted by Gasteiger charge is 2.61. The van der Waals surface area contributed by atoms with Crippen LogP contribution in [0.5, 0.6) is 0 Å². The lowest BCUT2D eigenvalue weighted by molar-refractivity contribution is -0.0380. The van der Waals surface area contributed by atoms with Gasteiger partial charge in [-0.05, 0) is 28.6 Å². The first-order chi connectivity index (χ1) is 12.5. The number of hydrogen-bond acceptors (Lipinski definition) is 5. The summed E-state index contributed by atoms with van der Waals surface area (Å²) in [4.78, 5) is 0. The smallest absolute Gasteiger partial charge is 0.335 e. The molecule has 2 aliphatic rings. The number of aliphatic hydroxyl groups excluding tert-OH is 1. The first-order valence-electron chi connectivity index (χ1n) is 10.5. The van der Waals surface area contributed by atoms with Crippen LogP contribution in [0.4, 0.5) is 0 Å². The average Bonchev–Trinajstić information content (AvgIpc) is 2.82. The summed E-state index contributed by atoms with van der Waals surface area (Å²) in [6, 6.07) is 0. The van der Waals surface area contributed by atoms with Crippen LogP contribution in [0.3, 0.4) is 0 Å². The summed E-state index contributed by atoms with van der Waals surface area (Å²) in [5, 5.41) is 10.9. The molecule has 0 aliphatic carbocycles. The molecule has 7 heteroatoms. The van der Waals surface area contributed by atoms with Crippen LogP contribution in [-0.4, -0.2) is 53.3 Å². The van der Waals surface area contributed by atoms with Crippen molar-refractivity contribution in [2.75, 3.05) is 6.61 Å². The molecule has 0 unspecified atom stereocenters. The van der Waals surface area contributed by atoms with Gasteiger partial charge in [0.25, 0.3) is 0 Å². The van der Waals surface area contributed by atoms with Gasteiger partial charge in [-0.2, -0.15) is 0 Å². The third-order valence-electron chi connectivity index (χ3n) is 6.16. The van der Waals surface area contributed by atoms with Crippen LogP contribution in [0.15, 0.2) is 12.7 Å². The van der Waals surface area contributed by atoms with Crippen molar-refractivity contribution in [2.45, 2.75) is 108 Å². The van der Waals surface area contributed by atoms with Gasteiger partial charge in [-0.25, -0.2) is 0 Å². The fraction of sp³-hybridized carbons (Fsp3) is 0.900. The van der Waals surface area contributed by atoms with E-state index in [4.69, 9.17) is 17.7 Å². The van der Waals surface area contributed by atoms with Crippen LogP contribution in [-0.2, 0) is 17.7 Å². The van der Waals surface area contributed by atoms with Gasteiger partial charge in [0.15, 0.2) is 0 Å². The maximum atomic E-state index is 10.9. The standard InChI is InChI=1S/C20H40O5Si2/c1-10-11-17-19(21)20-18(23-17)12-22-26(13(2)3,14(4)5)25-27(24-20,15(6)7)16(8)9/h10,13-21H,1,11-12H2,2-9H3/t17-,18+,19-,20+/m0/s1. The molecule has 4 atom stereocenters. The van der Waals surface area contributed by atoms with E-state index in [1.165, 1.54) is 0 Å². The number of aliphatic hydroxyl groups is 1. The molecule has 0 saturated carbocycles. The molecular formula is C20H40O5Si2. The highest BCUT2D eigenvalue weighted by atomic mass is 28.5. The van der Waals surface area contributed by atoms with Crippen LogP contribution in [0.25, 0.3) is 0 Å². The van der Waals surface area contributed by atoms with Gasteiger partial charge in [-0.15, -0.1) is 6.58 Å². The van der Waals surface area contributed by atoms with E-state index in [0.29, 0.717) is 24.1 Å². The Hall–Kier alpha value is -0.0262. The Labute approximate surface area is 167 Å². The number of ether oxygens (including phenoxy) is 1. The lowest BCUT2D eigenvalue weighted by Gasteiger charge is -2.51. The molecule has 2 aliphatic heterocycles. The van der Waals surface area contributed by atoms with Crippen molar-refractivity contribution in [1.29, 1.82) is 0 Å². The third-order valence-corrected chi connectivity index (χ3v) is 16.4. The molecule has 158 valence electrons. The van der Waals surface area contributed by atoms with E-state index in [0.717, 1.165) is 0 Å². The highest BCUT2D eigenvalue weighted by molar-refractivity contribution is 6.83. The Morgan fingerprint density at radius 1 is 0.963 bits per heavy atom. The molecular weight excluding hydrogens is 376 g/mol. The fourth-order valence-electron chi connectivity index (χ4n) is 4.59. The molecule has 0 bridgehead atoms. The SMILES string of the molecule is C=CC[C@@H]1O[C@@H]2CO[Si](C(C)C)(C(C)C)O[Si](C(C)C)(C(C)C)O[C@H]2[C@H]1O. The minimum absolute atomic E-state index is 0.245. The summed E-state index contributed by atoms with van der Waals surface area (Å²) in [5.41, 5.74) is 1.10. The molecule has 1 N–H and O–H groups in total. The van der Waals surface area contributed by atoms with Gasteiger partial charge in [0.2, 0.25) is 0 Å². The largest absolute Gasteiger partial charge is 0.414 e. The van der Waals surface area contributed by atoms with Crippen molar-refractivity contribution in [3.05, 3.63) is 12.7 Å². The zero-order valence-electron chi connectivity index (χ0n) is 18.4. The number of hydrogen-bond donors (Lipinski definition) is 1. The minimum atomic E-state index is -2.69. The monoisotopic (exact) mass is 416 g/mol. The van der Waals surface area contributed by atoms with Gasteiger partial charge in [0, 0.05) is 0 Å². The van der Waals surface area contributed by atoms with Gasteiger partial charge in [0.05, 0.1) is 12.7 Å². The Kier molecular flexibility index (Phi) is 7.56. The topological polar surface area (TPSA) is 57.2 Å². The van der Waals surface area contributed by atoms with Gasteiger partial charge < -0.3 is 22.8 Å². The minimum Gasteiger partial charge on any atom is -0.414 e. The molecule has 0 amide bonds. The molecule has 5 nitrogen and oxygen atoms in total. The summed E-state index contributed by atoms with van der Waals surface area (Å²) < 4.78 is 26.8. The van der Waals surface area contributed by atoms with E-state index >= 15 is 0 Å². The summed E-state index contributed by atoms with van der Waals surface area (Å²) in [5.74, 6) is 0. The summed E-state index contributed by atoms with van der Waals surface area (Å²) in [6.45, 7) is 21.8. The fourth-order valence-corrected chi connectivity index (χ4v) is 15.8. The number of fused-ring (bicyclic) bond motifs is 1. The molecule has 2 saturated heterocycles. The van der Waals surface area contributed by atoms with Crippen LogP contribution in [0, 0.1) is 0 Å². The second-order valence-electron chi connectivity index (χ2n) is 9.29. The maximum Gasteiger partial charge on any atom is 0.335 e. The Morgan fingerprint density at radius 2 is 1.48 bits per heavy atom. The van der Waals surface area contributed by atoms with E-state index in [9.17, 15) is 5.11 Å². The Balaban J connectivity index is 2.51. The normalized spacial score (nSPS) is 33.4. The molecule has 0 radical (unpaired) electrons. The van der Waals surface area contributed by atoms with Gasteiger partial charge >= 0.3 is 17.1 Å². The quantitative estimate of drug-likeness (QED) is 0.504. The zero-order valence-corrected chi connectivity index (χ0v) is 20.4. The zero-order chi connectivity index (χ0) is 20.6. The van der Waals surface area contributed by atoms with E-state index in [1.807, 2.05) is 0 Å². The van der Waals surface area contributed by atoms with Crippen molar-refractivity contribution in [1.82, 2.24) is 0 Å². The van der Waals surface area contributed by atoms with E-state index in [2.05, 4.69) is 62.0 Å². The summed E-state index contributed by atoms with van der Waals surface area (Å²) in [6.07, 6.45) is 0.755. The molecule has 2 heterocycles. The molecule has 0 spiro atoms. The number of rotatable bonds is 6. The Morgan fingerprint density at radius 3 is 1.93 bits per heavy atom. The summed E-state index contributed by atoms with van der Waals surface area (Å²) in [7, 11) is -5.24. The third kappa shape index (κ3) is 4.15. The molecule has 2 fully saturated rings. The van der Waals surface area contributed by atoms with Crippen LogP contribution >= 0.6 is 0 Å². The lowest BCUT2D eigenvalue weighted by Crippen LogP contribution is -2.65. The molecule has 0 aromatic carbocycles. The predicted octanol–water partition coefficient (Wildman–Crippen LogP) is 4.65. The van der Waals surface area contributed by atoms with Gasteiger partial charge in [-0.3, -0.25) is 0 Å². The molecule has 27 heavy (non-hydrogen) atoms. The van der Waals surface area contributed by atoms with Crippen LogP contribution in [0.1, 0.15) is 61.8 Å². The summed E-state index contributed by atoms with van der Waals surface area (Å²) >= 11 is 0. The lowest BCUT2D eigenvalue weighted by atomic mass is 10.1. The molecule has 0 aromatic heterocycles. The predicted molar refractivity (Wildman–Crippen MR) is 113 cm³/mol. The molecule has 2 rings (SSSR count). The second-order valence-corrected chi connectivity index (χ2v) is 18.1. The molecule has 0 aromatic rings. The second kappa shape index (κ2) is 8.77. The van der Waals surface area contributed by atoms with E-state index < -0.39 is 29.3 Å². The van der Waals surface area contributed by atoms with Crippen LogP contribution in [0.2, 0.25) is 22.2 Å². The first-order valence-corrected chi connectivity index (χ1v) is 14.4. The van der Waals surface area contributed by atoms with Crippen molar-refractivity contribution in [3.63, 3.8) is 0 Å². The Bertz CT molecular complexity index is 493. The first kappa shape index (κ1) is 23.3. The van der Waals surface area contributed by atoms with E-state index in [-0.39, 0.29) is 23.3 Å².